The van der Waals surface area contributed by atoms with Gasteiger partial charge in [-0.25, -0.2) is 25.6 Å². The first kappa shape index (κ1) is 21.7. The molecule has 0 spiro atoms. The van der Waals surface area contributed by atoms with Crippen LogP contribution in [0.25, 0.3) is 0 Å². The maximum Gasteiger partial charge on any atom is 0.264 e. The predicted octanol–water partition coefficient (Wildman–Crippen LogP) is 4.18. The zero-order valence-electron chi connectivity index (χ0n) is 16.0. The summed E-state index contributed by atoms with van der Waals surface area (Å²) in [4.78, 5) is -1.08. The Bertz CT molecular complexity index is 1320. The Hall–Kier alpha value is -2.98. The maximum absolute atomic E-state index is 13.9. The van der Waals surface area contributed by atoms with Gasteiger partial charge in [-0.1, -0.05) is 24.3 Å². The van der Waals surface area contributed by atoms with Gasteiger partial charge in [0.15, 0.2) is 11.6 Å². The normalized spacial score (nSPS) is 11.9. The second-order valence-electron chi connectivity index (χ2n) is 6.61. The summed E-state index contributed by atoms with van der Waals surface area (Å²) in [6, 6.07) is 13.3. The van der Waals surface area contributed by atoms with Gasteiger partial charge in [-0.3, -0.25) is 9.44 Å². The number of hydrogen-bond donors (Lipinski definition) is 2. The Labute approximate surface area is 173 Å². The standard InChI is InChI=1S/C20H18F2N2O4S2/c1-13-5-3-6-15(11-13)23-29(25,26)16-10-9-14(2)18(12-16)24-30(27,28)19-8-4-7-17(21)20(19)22/h3-12,23-24H,1-2H3. The van der Waals surface area contributed by atoms with E-state index in [1.165, 1.54) is 12.1 Å². The van der Waals surface area contributed by atoms with Gasteiger partial charge in [-0.2, -0.15) is 0 Å². The molecular formula is C20H18F2N2O4S2. The van der Waals surface area contributed by atoms with Crippen LogP contribution in [0.5, 0.6) is 0 Å². The first-order valence-corrected chi connectivity index (χ1v) is 11.6. The molecule has 0 aliphatic rings. The SMILES string of the molecule is Cc1cccc(NS(=O)(=O)c2ccc(C)c(NS(=O)(=O)c3cccc(F)c3F)c2)c1. The summed E-state index contributed by atoms with van der Waals surface area (Å²) in [5.41, 5.74) is 1.51. The molecule has 0 atom stereocenters. The van der Waals surface area contributed by atoms with E-state index in [-0.39, 0.29) is 10.6 Å². The topological polar surface area (TPSA) is 92.3 Å². The van der Waals surface area contributed by atoms with E-state index in [9.17, 15) is 25.6 Å². The van der Waals surface area contributed by atoms with Gasteiger partial charge in [0, 0.05) is 5.69 Å². The van der Waals surface area contributed by atoms with Crippen molar-refractivity contribution in [2.45, 2.75) is 23.6 Å². The van der Waals surface area contributed by atoms with Crippen molar-refractivity contribution in [2.75, 3.05) is 9.44 Å². The van der Waals surface area contributed by atoms with Crippen molar-refractivity contribution >= 4 is 31.4 Å². The van der Waals surface area contributed by atoms with Crippen LogP contribution in [-0.2, 0) is 20.0 Å². The molecule has 0 heterocycles. The Morgan fingerprint density at radius 3 is 2.17 bits per heavy atom. The average Bonchev–Trinajstić information content (AvgIpc) is 2.65. The zero-order valence-corrected chi connectivity index (χ0v) is 17.6. The molecule has 0 amide bonds. The molecule has 6 nitrogen and oxygen atoms in total. The zero-order chi connectivity index (χ0) is 22.1. The summed E-state index contributed by atoms with van der Waals surface area (Å²) in [6.07, 6.45) is 0. The molecule has 0 aliphatic heterocycles. The molecule has 158 valence electrons. The van der Waals surface area contributed by atoms with Crippen molar-refractivity contribution in [1.29, 1.82) is 0 Å². The molecule has 0 aromatic heterocycles. The van der Waals surface area contributed by atoms with E-state index in [0.29, 0.717) is 11.3 Å². The molecule has 0 saturated heterocycles. The quantitative estimate of drug-likeness (QED) is 0.587. The highest BCUT2D eigenvalue weighted by Gasteiger charge is 2.23. The second-order valence-corrected chi connectivity index (χ2v) is 9.94. The van der Waals surface area contributed by atoms with Gasteiger partial charge in [0.2, 0.25) is 0 Å². The van der Waals surface area contributed by atoms with Gasteiger partial charge in [0.25, 0.3) is 20.0 Å². The molecule has 3 aromatic rings. The van der Waals surface area contributed by atoms with E-state index >= 15 is 0 Å². The summed E-state index contributed by atoms with van der Waals surface area (Å²) in [5.74, 6) is -2.83. The fourth-order valence-corrected chi connectivity index (χ4v) is 4.98. The molecule has 0 unspecified atom stereocenters. The maximum atomic E-state index is 13.9. The van der Waals surface area contributed by atoms with E-state index in [0.717, 1.165) is 29.8 Å². The van der Waals surface area contributed by atoms with E-state index in [4.69, 9.17) is 0 Å². The summed E-state index contributed by atoms with van der Waals surface area (Å²) in [6.45, 7) is 3.35. The van der Waals surface area contributed by atoms with E-state index in [1.54, 1.807) is 25.1 Å². The van der Waals surface area contributed by atoms with Gasteiger partial charge in [-0.05, 0) is 61.4 Å². The number of nitrogens with one attached hydrogen (secondary N) is 2. The Balaban J connectivity index is 1.96. The number of anilines is 2. The fourth-order valence-electron chi connectivity index (χ4n) is 2.69. The van der Waals surface area contributed by atoms with Crippen LogP contribution >= 0.6 is 0 Å². The smallest absolute Gasteiger partial charge is 0.264 e. The molecule has 3 aromatic carbocycles. The number of hydrogen-bond acceptors (Lipinski definition) is 4. The van der Waals surface area contributed by atoms with Crippen LogP contribution in [0.2, 0.25) is 0 Å². The number of rotatable bonds is 6. The lowest BCUT2D eigenvalue weighted by Gasteiger charge is -2.14. The van der Waals surface area contributed by atoms with Crippen LogP contribution in [0.15, 0.2) is 70.5 Å². The fraction of sp³-hybridized carbons (Fsp3) is 0.100. The third-order valence-corrected chi connectivity index (χ3v) is 7.00. The van der Waals surface area contributed by atoms with Gasteiger partial charge in [0.05, 0.1) is 10.6 Å². The van der Waals surface area contributed by atoms with Crippen molar-refractivity contribution in [3.63, 3.8) is 0 Å². The highest BCUT2D eigenvalue weighted by atomic mass is 32.2. The Morgan fingerprint density at radius 1 is 0.767 bits per heavy atom. The van der Waals surface area contributed by atoms with Crippen molar-refractivity contribution in [1.82, 2.24) is 0 Å². The molecule has 0 radical (unpaired) electrons. The second kappa shape index (κ2) is 8.04. The van der Waals surface area contributed by atoms with Crippen LogP contribution in [0.3, 0.4) is 0 Å². The molecule has 10 heteroatoms. The minimum Gasteiger partial charge on any atom is -0.280 e. The minimum absolute atomic E-state index is 0.0780. The first-order chi connectivity index (χ1) is 14.0. The van der Waals surface area contributed by atoms with Gasteiger partial charge >= 0.3 is 0 Å². The number of aryl methyl sites for hydroxylation is 2. The molecule has 0 saturated carbocycles. The monoisotopic (exact) mass is 452 g/mol. The van der Waals surface area contributed by atoms with Gasteiger partial charge < -0.3 is 0 Å². The highest BCUT2D eigenvalue weighted by Crippen LogP contribution is 2.26. The van der Waals surface area contributed by atoms with E-state index < -0.39 is 36.6 Å². The lowest BCUT2D eigenvalue weighted by molar-refractivity contribution is 0.485. The third kappa shape index (κ3) is 4.60. The Kier molecular flexibility index (Phi) is 5.82. The van der Waals surface area contributed by atoms with Crippen molar-refractivity contribution < 1.29 is 25.6 Å². The number of benzene rings is 3. The largest absolute Gasteiger partial charge is 0.280 e. The molecule has 2 N–H and O–H groups in total. The highest BCUT2D eigenvalue weighted by molar-refractivity contribution is 7.93. The lowest BCUT2D eigenvalue weighted by Crippen LogP contribution is -2.17. The van der Waals surface area contributed by atoms with Crippen molar-refractivity contribution in [3.05, 3.63) is 83.4 Å². The predicted molar refractivity (Wildman–Crippen MR) is 110 cm³/mol. The van der Waals surface area contributed by atoms with Gasteiger partial charge in [-0.15, -0.1) is 0 Å². The molecular weight excluding hydrogens is 434 g/mol. The Morgan fingerprint density at radius 2 is 1.47 bits per heavy atom. The summed E-state index contributed by atoms with van der Waals surface area (Å²) < 4.78 is 82.4. The molecule has 0 bridgehead atoms. The van der Waals surface area contributed by atoms with E-state index in [2.05, 4.69) is 9.44 Å². The summed E-state index contributed by atoms with van der Waals surface area (Å²) >= 11 is 0. The minimum atomic E-state index is -4.50. The van der Waals surface area contributed by atoms with Crippen LogP contribution in [0.4, 0.5) is 20.2 Å². The van der Waals surface area contributed by atoms with Crippen LogP contribution < -0.4 is 9.44 Å². The molecule has 0 aliphatic carbocycles. The number of sulfonamides is 2. The van der Waals surface area contributed by atoms with Gasteiger partial charge in [0.1, 0.15) is 4.90 Å². The van der Waals surface area contributed by atoms with Crippen molar-refractivity contribution in [3.8, 4) is 0 Å². The summed E-state index contributed by atoms with van der Waals surface area (Å²) in [5, 5.41) is 0. The van der Waals surface area contributed by atoms with Crippen LogP contribution in [-0.4, -0.2) is 16.8 Å². The average molecular weight is 453 g/mol. The van der Waals surface area contributed by atoms with E-state index in [1.807, 2.05) is 13.0 Å². The molecule has 30 heavy (non-hydrogen) atoms. The van der Waals surface area contributed by atoms with Crippen LogP contribution in [0, 0.1) is 25.5 Å². The third-order valence-electron chi connectivity index (χ3n) is 4.24. The summed E-state index contributed by atoms with van der Waals surface area (Å²) in [7, 11) is -8.52. The first-order valence-electron chi connectivity index (χ1n) is 8.66. The van der Waals surface area contributed by atoms with Crippen molar-refractivity contribution in [2.24, 2.45) is 0 Å². The molecule has 3 rings (SSSR count). The molecule has 0 fully saturated rings. The lowest BCUT2D eigenvalue weighted by atomic mass is 10.2. The van der Waals surface area contributed by atoms with Crippen LogP contribution in [0.1, 0.15) is 11.1 Å². The number of halogens is 2.